The molecule has 0 spiro atoms. The van der Waals surface area contributed by atoms with Crippen molar-refractivity contribution < 1.29 is 24.2 Å². The van der Waals surface area contributed by atoms with Gasteiger partial charge in [0, 0.05) is 0 Å². The molecule has 13 heavy (non-hydrogen) atoms. The summed E-state index contributed by atoms with van der Waals surface area (Å²) in [7, 11) is 0. The lowest BCUT2D eigenvalue weighted by Gasteiger charge is -2.06. The van der Waals surface area contributed by atoms with Crippen LogP contribution in [0.5, 0.6) is 0 Å². The van der Waals surface area contributed by atoms with Crippen molar-refractivity contribution in [3.8, 4) is 0 Å². The summed E-state index contributed by atoms with van der Waals surface area (Å²) in [5.41, 5.74) is 0. The summed E-state index contributed by atoms with van der Waals surface area (Å²) in [6, 6.07) is 0. The Bertz CT molecular complexity index is 213. The van der Waals surface area contributed by atoms with Crippen molar-refractivity contribution >= 4 is 11.9 Å². The minimum Gasteiger partial charge on any atom is -0.481 e. The maximum Gasteiger partial charge on any atom is 0.335 e. The van der Waals surface area contributed by atoms with E-state index in [1.165, 1.54) is 0 Å². The number of carboxylic acid groups (broad SMARTS) is 1. The number of ether oxygens (including phenoxy) is 2. The first kappa shape index (κ1) is 9.98. The van der Waals surface area contributed by atoms with Crippen molar-refractivity contribution in [3.05, 3.63) is 0 Å². The van der Waals surface area contributed by atoms with Crippen LogP contribution in [0.4, 0.5) is 0 Å². The fourth-order valence-corrected chi connectivity index (χ4v) is 1.20. The van der Waals surface area contributed by atoms with Crippen LogP contribution in [-0.4, -0.2) is 36.4 Å². The Hall–Kier alpha value is -1.10. The minimum absolute atomic E-state index is 0.0960. The molecular formula is C8H12O5. The number of carbonyl (C=O) groups excluding carboxylic acids is 1. The second kappa shape index (κ2) is 4.23. The zero-order valence-electron chi connectivity index (χ0n) is 7.36. The number of hydrogen-bond donors (Lipinski definition) is 1. The number of carboxylic acids is 1. The Labute approximate surface area is 75.6 Å². The lowest BCUT2D eigenvalue weighted by Crippen LogP contribution is -2.22. The van der Waals surface area contributed by atoms with Crippen molar-refractivity contribution in [3.63, 3.8) is 0 Å². The molecule has 0 amide bonds. The van der Waals surface area contributed by atoms with E-state index >= 15 is 0 Å². The highest BCUT2D eigenvalue weighted by Gasteiger charge is 2.35. The maximum atomic E-state index is 11.1. The molecule has 0 aromatic rings. The van der Waals surface area contributed by atoms with Gasteiger partial charge < -0.3 is 14.6 Å². The first-order valence-electron chi connectivity index (χ1n) is 4.16. The summed E-state index contributed by atoms with van der Waals surface area (Å²) < 4.78 is 9.68. The molecule has 1 fully saturated rings. The van der Waals surface area contributed by atoms with Gasteiger partial charge in [-0.3, -0.25) is 4.79 Å². The van der Waals surface area contributed by atoms with Gasteiger partial charge in [-0.05, 0) is 13.3 Å². The zero-order chi connectivity index (χ0) is 9.84. The largest absolute Gasteiger partial charge is 0.481 e. The number of rotatable bonds is 3. The van der Waals surface area contributed by atoms with Gasteiger partial charge >= 0.3 is 11.9 Å². The molecule has 1 saturated heterocycles. The van der Waals surface area contributed by atoms with Gasteiger partial charge in [0.05, 0.1) is 19.1 Å². The summed E-state index contributed by atoms with van der Waals surface area (Å²) in [5.74, 6) is -1.97. The van der Waals surface area contributed by atoms with E-state index in [0.29, 0.717) is 0 Å². The predicted octanol–water partition coefficient (Wildman–Crippen LogP) is 0.0392. The molecule has 1 aliphatic heterocycles. The monoisotopic (exact) mass is 188 g/mol. The molecule has 0 bridgehead atoms. The average molecular weight is 188 g/mol. The van der Waals surface area contributed by atoms with Crippen molar-refractivity contribution in [2.75, 3.05) is 13.2 Å². The van der Waals surface area contributed by atoms with Gasteiger partial charge in [-0.2, -0.15) is 0 Å². The molecule has 1 heterocycles. The summed E-state index contributed by atoms with van der Waals surface area (Å²) in [6.07, 6.45) is -0.477. The van der Waals surface area contributed by atoms with Gasteiger partial charge in [-0.1, -0.05) is 0 Å². The van der Waals surface area contributed by atoms with Crippen LogP contribution in [0.1, 0.15) is 13.3 Å². The minimum atomic E-state index is -0.924. The quantitative estimate of drug-likeness (QED) is 0.633. The number of carbonyl (C=O) groups is 2. The molecule has 5 heteroatoms. The summed E-state index contributed by atoms with van der Waals surface area (Å²) in [5, 5.41) is 8.61. The third-order valence-corrected chi connectivity index (χ3v) is 1.90. The molecule has 1 N–H and O–H groups in total. The normalized spacial score (nSPS) is 27.2. The maximum absolute atomic E-state index is 11.1. The van der Waals surface area contributed by atoms with Crippen molar-refractivity contribution in [1.82, 2.24) is 0 Å². The molecule has 5 nitrogen and oxygen atoms in total. The highest BCUT2D eigenvalue weighted by Crippen LogP contribution is 2.20. The topological polar surface area (TPSA) is 72.8 Å². The predicted molar refractivity (Wildman–Crippen MR) is 42.1 cm³/mol. The van der Waals surface area contributed by atoms with E-state index in [0.717, 1.165) is 0 Å². The fourth-order valence-electron chi connectivity index (χ4n) is 1.20. The van der Waals surface area contributed by atoms with Gasteiger partial charge in [0.25, 0.3) is 0 Å². The van der Waals surface area contributed by atoms with Gasteiger partial charge in [-0.25, -0.2) is 4.79 Å². The van der Waals surface area contributed by atoms with Gasteiger partial charge in [0.15, 0.2) is 6.10 Å². The van der Waals surface area contributed by atoms with Crippen LogP contribution < -0.4 is 0 Å². The summed E-state index contributed by atoms with van der Waals surface area (Å²) in [6.45, 7) is 2.08. The second-order valence-electron chi connectivity index (χ2n) is 2.84. The van der Waals surface area contributed by atoms with Gasteiger partial charge in [-0.15, -0.1) is 0 Å². The lowest BCUT2D eigenvalue weighted by molar-refractivity contribution is -0.153. The first-order valence-corrected chi connectivity index (χ1v) is 4.16. The Morgan fingerprint density at radius 1 is 1.62 bits per heavy atom. The number of hydrogen-bond acceptors (Lipinski definition) is 4. The fraction of sp³-hybridized carbons (Fsp3) is 0.750. The van der Waals surface area contributed by atoms with Crippen LogP contribution in [0.15, 0.2) is 0 Å². The zero-order valence-corrected chi connectivity index (χ0v) is 7.36. The van der Waals surface area contributed by atoms with Crippen LogP contribution in [0.25, 0.3) is 0 Å². The van der Waals surface area contributed by atoms with E-state index in [1.54, 1.807) is 6.92 Å². The van der Waals surface area contributed by atoms with Crippen LogP contribution in [-0.2, 0) is 19.1 Å². The van der Waals surface area contributed by atoms with Crippen LogP contribution >= 0.6 is 0 Å². The van der Waals surface area contributed by atoms with E-state index in [-0.39, 0.29) is 19.6 Å². The average Bonchev–Trinajstić information content (AvgIpc) is 2.52. The Balaban J connectivity index is 2.40. The molecule has 1 rings (SSSR count). The lowest BCUT2D eigenvalue weighted by atomic mass is 10.1. The first-order chi connectivity index (χ1) is 6.15. The molecule has 1 aliphatic rings. The summed E-state index contributed by atoms with van der Waals surface area (Å²) >= 11 is 0. The second-order valence-corrected chi connectivity index (χ2v) is 2.84. The van der Waals surface area contributed by atoms with E-state index in [1.807, 2.05) is 0 Å². The van der Waals surface area contributed by atoms with Gasteiger partial charge in [0.2, 0.25) is 0 Å². The Morgan fingerprint density at radius 3 is 2.77 bits per heavy atom. The van der Waals surface area contributed by atoms with E-state index < -0.39 is 24.0 Å². The smallest absolute Gasteiger partial charge is 0.335 e. The van der Waals surface area contributed by atoms with E-state index in [4.69, 9.17) is 14.6 Å². The van der Waals surface area contributed by atoms with Crippen LogP contribution in [0.2, 0.25) is 0 Å². The molecule has 0 radical (unpaired) electrons. The standard InChI is InChI=1S/C8H12O5/c1-2-12-8(11)6-3-5(4-13-6)7(9)10/h5-6H,2-4H2,1H3,(H,9,10)/t5-,6-/m0/s1. The molecule has 0 unspecified atom stereocenters. The summed E-state index contributed by atoms with van der Waals surface area (Å²) in [4.78, 5) is 21.6. The number of aliphatic carboxylic acids is 1. The molecule has 2 atom stereocenters. The molecular weight excluding hydrogens is 176 g/mol. The van der Waals surface area contributed by atoms with Crippen LogP contribution in [0.3, 0.4) is 0 Å². The molecule has 74 valence electrons. The van der Waals surface area contributed by atoms with E-state index in [9.17, 15) is 9.59 Å². The molecule has 0 aromatic heterocycles. The van der Waals surface area contributed by atoms with Crippen molar-refractivity contribution in [2.24, 2.45) is 5.92 Å². The van der Waals surface area contributed by atoms with Crippen molar-refractivity contribution in [1.29, 1.82) is 0 Å². The SMILES string of the molecule is CCOC(=O)[C@@H]1C[C@H](C(=O)O)CO1. The molecule has 0 aliphatic carbocycles. The van der Waals surface area contributed by atoms with Gasteiger partial charge in [0.1, 0.15) is 0 Å². The third kappa shape index (κ3) is 2.42. The molecule has 0 saturated carbocycles. The van der Waals surface area contributed by atoms with Crippen LogP contribution in [0, 0.1) is 5.92 Å². The van der Waals surface area contributed by atoms with E-state index in [2.05, 4.69) is 0 Å². The third-order valence-electron chi connectivity index (χ3n) is 1.90. The Morgan fingerprint density at radius 2 is 2.31 bits per heavy atom. The number of esters is 1. The highest BCUT2D eigenvalue weighted by atomic mass is 16.6. The molecule has 0 aromatic carbocycles. The van der Waals surface area contributed by atoms with Crippen molar-refractivity contribution in [2.45, 2.75) is 19.4 Å². The Kier molecular flexibility index (Phi) is 3.25. The highest BCUT2D eigenvalue weighted by molar-refractivity contribution is 5.77.